The Morgan fingerprint density at radius 1 is 1.29 bits per heavy atom. The third-order valence-electron chi connectivity index (χ3n) is 3.39. The van der Waals surface area contributed by atoms with Gasteiger partial charge < -0.3 is 10.1 Å². The van der Waals surface area contributed by atoms with Gasteiger partial charge in [-0.1, -0.05) is 34.8 Å². The largest absolute Gasteiger partial charge is 0.324 e. The number of benzene rings is 1. The number of nitrogens with one attached hydrogen (secondary N) is 1. The van der Waals surface area contributed by atoms with Crippen LogP contribution in [0.25, 0.3) is 0 Å². The zero-order valence-corrected chi connectivity index (χ0v) is 13.5. The van der Waals surface area contributed by atoms with E-state index < -0.39 is 0 Å². The normalized spacial score (nSPS) is 19.3. The van der Waals surface area contributed by atoms with Crippen LogP contribution in [-0.4, -0.2) is 36.7 Å². The highest BCUT2D eigenvalue weighted by molar-refractivity contribution is 6.44. The first kappa shape index (κ1) is 16.6. The van der Waals surface area contributed by atoms with Crippen molar-refractivity contribution in [3.63, 3.8) is 0 Å². The highest BCUT2D eigenvalue weighted by atomic mass is 35.5. The lowest BCUT2D eigenvalue weighted by atomic mass is 10.00. The van der Waals surface area contributed by atoms with Crippen molar-refractivity contribution >= 4 is 52.7 Å². The predicted octanol–water partition coefficient (Wildman–Crippen LogP) is 3.50. The third-order valence-corrected chi connectivity index (χ3v) is 4.42. The Bertz CT molecular complexity index is 551. The first-order valence-electron chi connectivity index (χ1n) is 6.61. The number of carbonyl (C=O) groups is 2. The van der Waals surface area contributed by atoms with E-state index in [1.807, 2.05) is 4.90 Å². The zero-order valence-electron chi connectivity index (χ0n) is 11.2. The van der Waals surface area contributed by atoms with Crippen LogP contribution in [0, 0.1) is 5.92 Å². The summed E-state index contributed by atoms with van der Waals surface area (Å²) in [6.07, 6.45) is 2.77. The summed E-state index contributed by atoms with van der Waals surface area (Å²) in [4.78, 5) is 24.8. The van der Waals surface area contributed by atoms with Crippen LogP contribution in [0.1, 0.15) is 12.8 Å². The average Bonchev–Trinajstić information content (AvgIpc) is 2.45. The van der Waals surface area contributed by atoms with Gasteiger partial charge in [0.2, 0.25) is 5.91 Å². The molecule has 0 radical (unpaired) electrons. The number of anilines is 1. The molecule has 0 bridgehead atoms. The Labute approximate surface area is 138 Å². The molecule has 1 saturated heterocycles. The molecule has 1 aromatic rings. The van der Waals surface area contributed by atoms with Crippen molar-refractivity contribution in [2.45, 2.75) is 12.8 Å². The maximum Gasteiger partial charge on any atom is 0.238 e. The van der Waals surface area contributed by atoms with Gasteiger partial charge in [0.15, 0.2) is 0 Å². The van der Waals surface area contributed by atoms with Crippen molar-refractivity contribution in [2.24, 2.45) is 5.92 Å². The summed E-state index contributed by atoms with van der Waals surface area (Å²) in [5.41, 5.74) is 0.431. The van der Waals surface area contributed by atoms with Gasteiger partial charge in [0, 0.05) is 12.5 Å². The first-order valence-corrected chi connectivity index (χ1v) is 7.75. The van der Waals surface area contributed by atoms with Crippen LogP contribution in [0.4, 0.5) is 5.69 Å². The fourth-order valence-corrected chi connectivity index (χ4v) is 2.95. The third kappa shape index (κ3) is 4.58. The minimum atomic E-state index is -0.193. The molecule has 0 saturated carbocycles. The predicted molar refractivity (Wildman–Crippen MR) is 85.3 cm³/mol. The molecule has 114 valence electrons. The molecule has 1 N–H and O–H groups in total. The number of nitrogens with zero attached hydrogens (tertiary/aromatic N) is 1. The van der Waals surface area contributed by atoms with Gasteiger partial charge in [0.1, 0.15) is 6.29 Å². The Hall–Kier alpha value is -0.810. The molecule has 1 amide bonds. The molecule has 7 heteroatoms. The van der Waals surface area contributed by atoms with E-state index in [4.69, 9.17) is 34.8 Å². The number of aldehydes is 1. The van der Waals surface area contributed by atoms with Gasteiger partial charge in [0.25, 0.3) is 0 Å². The molecule has 1 atom stereocenters. The van der Waals surface area contributed by atoms with Gasteiger partial charge in [0.05, 0.1) is 27.3 Å². The van der Waals surface area contributed by atoms with Crippen LogP contribution >= 0.6 is 34.8 Å². The summed E-state index contributed by atoms with van der Waals surface area (Å²) in [6.45, 7) is 1.65. The summed E-state index contributed by atoms with van der Waals surface area (Å²) < 4.78 is 0. The lowest BCUT2D eigenvalue weighted by Gasteiger charge is -2.29. The topological polar surface area (TPSA) is 49.4 Å². The van der Waals surface area contributed by atoms with Gasteiger partial charge in [-0.15, -0.1) is 0 Å². The number of likely N-dealkylation sites (tertiary alicyclic amines) is 1. The lowest BCUT2D eigenvalue weighted by Crippen LogP contribution is -2.40. The van der Waals surface area contributed by atoms with E-state index >= 15 is 0 Å². The van der Waals surface area contributed by atoms with Crippen LogP contribution in [0.15, 0.2) is 12.1 Å². The molecule has 2 rings (SSSR count). The first-order chi connectivity index (χ1) is 9.99. The number of piperidine rings is 1. The SMILES string of the molecule is O=CC1CCCN(CC(=O)Nc2cc(Cl)c(Cl)cc2Cl)C1. The maximum atomic E-state index is 12.0. The van der Waals surface area contributed by atoms with Crippen molar-refractivity contribution < 1.29 is 9.59 Å². The second kappa shape index (κ2) is 7.45. The van der Waals surface area contributed by atoms with Gasteiger partial charge in [-0.25, -0.2) is 0 Å². The fraction of sp³-hybridized carbons (Fsp3) is 0.429. The summed E-state index contributed by atoms with van der Waals surface area (Å²) in [5.74, 6) is -0.179. The maximum absolute atomic E-state index is 12.0. The number of halogens is 3. The van der Waals surface area contributed by atoms with E-state index in [1.165, 1.54) is 12.1 Å². The molecule has 4 nitrogen and oxygen atoms in total. The molecule has 21 heavy (non-hydrogen) atoms. The van der Waals surface area contributed by atoms with E-state index in [-0.39, 0.29) is 18.4 Å². The lowest BCUT2D eigenvalue weighted by molar-refractivity contribution is -0.119. The number of rotatable bonds is 4. The molecule has 0 spiro atoms. The van der Waals surface area contributed by atoms with Gasteiger partial charge in [-0.2, -0.15) is 0 Å². The van der Waals surface area contributed by atoms with Crippen LogP contribution in [0.2, 0.25) is 15.1 Å². The second-order valence-electron chi connectivity index (χ2n) is 5.07. The van der Waals surface area contributed by atoms with Crippen LogP contribution in [-0.2, 0) is 9.59 Å². The molecule has 1 fully saturated rings. The second-order valence-corrected chi connectivity index (χ2v) is 6.29. The fourth-order valence-electron chi connectivity index (χ4n) is 2.36. The standard InChI is InChI=1S/C14H15Cl3N2O2/c15-10-4-12(17)13(5-11(10)16)18-14(21)7-19-3-1-2-9(6-19)8-20/h4-5,8-9H,1-3,6-7H2,(H,18,21). The quantitative estimate of drug-likeness (QED) is 0.668. The van der Waals surface area contributed by atoms with E-state index in [1.54, 1.807) is 0 Å². The van der Waals surface area contributed by atoms with Crippen LogP contribution in [0.3, 0.4) is 0 Å². The highest BCUT2D eigenvalue weighted by Crippen LogP contribution is 2.32. The van der Waals surface area contributed by atoms with Gasteiger partial charge in [-0.05, 0) is 31.5 Å². The number of hydrogen-bond donors (Lipinski definition) is 1. The van der Waals surface area contributed by atoms with E-state index in [2.05, 4.69) is 5.32 Å². The molecule has 1 heterocycles. The number of carbonyl (C=O) groups excluding carboxylic acids is 2. The van der Waals surface area contributed by atoms with E-state index in [0.717, 1.165) is 25.7 Å². The van der Waals surface area contributed by atoms with Crippen LogP contribution < -0.4 is 5.32 Å². The van der Waals surface area contributed by atoms with Crippen molar-refractivity contribution in [1.29, 1.82) is 0 Å². The molecule has 0 aliphatic carbocycles. The van der Waals surface area contributed by atoms with Crippen molar-refractivity contribution in [2.75, 3.05) is 25.0 Å². The molecular formula is C14H15Cl3N2O2. The van der Waals surface area contributed by atoms with Crippen molar-refractivity contribution in [3.05, 3.63) is 27.2 Å². The molecule has 1 aliphatic rings. The number of amides is 1. The Morgan fingerprint density at radius 3 is 2.71 bits per heavy atom. The molecule has 1 aromatic carbocycles. The number of hydrogen-bond acceptors (Lipinski definition) is 3. The Balaban J connectivity index is 1.95. The summed E-state index contributed by atoms with van der Waals surface area (Å²) in [5, 5.41) is 3.72. The summed E-state index contributed by atoms with van der Waals surface area (Å²) in [7, 11) is 0. The minimum absolute atomic E-state index is 0.0140. The van der Waals surface area contributed by atoms with Crippen molar-refractivity contribution in [1.82, 2.24) is 4.90 Å². The molecule has 1 aliphatic heterocycles. The van der Waals surface area contributed by atoms with Crippen molar-refractivity contribution in [3.8, 4) is 0 Å². The smallest absolute Gasteiger partial charge is 0.238 e. The summed E-state index contributed by atoms with van der Waals surface area (Å²) in [6, 6.07) is 3.01. The van der Waals surface area contributed by atoms with E-state index in [0.29, 0.717) is 27.3 Å². The molecule has 1 unspecified atom stereocenters. The van der Waals surface area contributed by atoms with Crippen LogP contribution in [0.5, 0.6) is 0 Å². The minimum Gasteiger partial charge on any atom is -0.324 e. The summed E-state index contributed by atoms with van der Waals surface area (Å²) >= 11 is 17.8. The van der Waals surface area contributed by atoms with Gasteiger partial charge >= 0.3 is 0 Å². The average molecular weight is 350 g/mol. The highest BCUT2D eigenvalue weighted by Gasteiger charge is 2.21. The molecule has 0 aromatic heterocycles. The van der Waals surface area contributed by atoms with Gasteiger partial charge in [-0.3, -0.25) is 9.69 Å². The Kier molecular flexibility index (Phi) is 5.88. The van der Waals surface area contributed by atoms with E-state index in [9.17, 15) is 9.59 Å². The molecular weight excluding hydrogens is 335 g/mol. The zero-order chi connectivity index (χ0) is 15.4. The monoisotopic (exact) mass is 348 g/mol. The Morgan fingerprint density at radius 2 is 2.00 bits per heavy atom.